The van der Waals surface area contributed by atoms with Gasteiger partial charge in [0.1, 0.15) is 11.5 Å². The summed E-state index contributed by atoms with van der Waals surface area (Å²) in [6.45, 7) is 2.72. The van der Waals surface area contributed by atoms with Gasteiger partial charge in [-0.25, -0.2) is 0 Å². The van der Waals surface area contributed by atoms with E-state index in [4.69, 9.17) is 14.2 Å². The first-order valence-electron chi connectivity index (χ1n) is 9.80. The Hall–Kier alpha value is -3.52. The zero-order valence-corrected chi connectivity index (χ0v) is 17.6. The Bertz CT molecular complexity index is 997. The largest absolute Gasteiger partial charge is 0.507 e. The molecule has 0 saturated carbocycles. The van der Waals surface area contributed by atoms with Crippen LogP contribution in [-0.2, 0) is 14.3 Å². The molecule has 0 aromatic heterocycles. The maximum Gasteiger partial charge on any atom is 0.295 e. The fourth-order valence-electron chi connectivity index (χ4n) is 3.54. The second-order valence-corrected chi connectivity index (χ2v) is 6.87. The monoisotopic (exact) mass is 427 g/mol. The third-order valence-electron chi connectivity index (χ3n) is 5.03. The topological polar surface area (TPSA) is 106 Å². The molecule has 1 saturated heterocycles. The number of nitrogens with zero attached hydrogens (tertiary/aromatic N) is 1. The zero-order chi connectivity index (χ0) is 22.5. The normalized spacial score (nSPS) is 17.8. The first kappa shape index (κ1) is 22.2. The molecule has 1 aliphatic heterocycles. The van der Waals surface area contributed by atoms with Crippen LogP contribution in [0.2, 0.25) is 0 Å². The molecule has 2 aromatic carbocycles. The van der Waals surface area contributed by atoms with Gasteiger partial charge in [-0.05, 0) is 48.9 Å². The van der Waals surface area contributed by atoms with Crippen LogP contribution >= 0.6 is 0 Å². The lowest BCUT2D eigenvalue weighted by Crippen LogP contribution is -2.32. The maximum absolute atomic E-state index is 12.9. The van der Waals surface area contributed by atoms with Gasteiger partial charge in [-0.1, -0.05) is 6.07 Å². The Morgan fingerprint density at radius 1 is 1.10 bits per heavy atom. The number of aliphatic hydroxyl groups excluding tert-OH is 1. The minimum absolute atomic E-state index is 0.0435. The average Bonchev–Trinajstić information content (AvgIpc) is 3.03. The lowest BCUT2D eigenvalue weighted by Gasteiger charge is -2.25. The second-order valence-electron chi connectivity index (χ2n) is 6.87. The Morgan fingerprint density at radius 3 is 2.42 bits per heavy atom. The standard InChI is InChI=1S/C23H25NO7/c1-4-31-16-8-5-14(6-9-16)21(26)19-20(15-7-10-17(25)18(13-15)30-3)24(11-12-29-2)23(28)22(19)27/h5-10,13,20,25-26H,4,11-12H2,1-3H3/b21-19-. The molecule has 8 nitrogen and oxygen atoms in total. The average molecular weight is 427 g/mol. The molecule has 1 unspecified atom stereocenters. The third-order valence-corrected chi connectivity index (χ3v) is 5.03. The quantitative estimate of drug-likeness (QED) is 0.379. The third kappa shape index (κ3) is 4.34. The highest BCUT2D eigenvalue weighted by atomic mass is 16.5. The van der Waals surface area contributed by atoms with Crippen LogP contribution in [0.25, 0.3) is 5.76 Å². The van der Waals surface area contributed by atoms with Crippen LogP contribution in [0.3, 0.4) is 0 Å². The number of carbonyl (C=O) groups is 2. The summed E-state index contributed by atoms with van der Waals surface area (Å²) in [5.74, 6) is -1.08. The molecular weight excluding hydrogens is 402 g/mol. The van der Waals surface area contributed by atoms with E-state index < -0.39 is 17.7 Å². The molecule has 3 rings (SSSR count). The van der Waals surface area contributed by atoms with Crippen molar-refractivity contribution in [1.82, 2.24) is 4.90 Å². The fraction of sp³-hybridized carbons (Fsp3) is 0.304. The number of phenolic OH excluding ortho intramolecular Hbond substituents is 1. The molecule has 8 heteroatoms. The summed E-state index contributed by atoms with van der Waals surface area (Å²) in [5.41, 5.74) is 0.847. The van der Waals surface area contributed by atoms with Crippen molar-refractivity contribution >= 4 is 17.4 Å². The fourth-order valence-corrected chi connectivity index (χ4v) is 3.54. The maximum atomic E-state index is 12.9. The molecule has 0 aliphatic carbocycles. The molecule has 31 heavy (non-hydrogen) atoms. The van der Waals surface area contributed by atoms with E-state index in [1.807, 2.05) is 6.92 Å². The van der Waals surface area contributed by atoms with E-state index in [1.165, 1.54) is 31.3 Å². The van der Waals surface area contributed by atoms with E-state index in [1.54, 1.807) is 30.3 Å². The Morgan fingerprint density at radius 2 is 1.81 bits per heavy atom. The van der Waals surface area contributed by atoms with Crippen molar-refractivity contribution in [3.05, 3.63) is 59.2 Å². The van der Waals surface area contributed by atoms with Crippen molar-refractivity contribution in [3.8, 4) is 17.2 Å². The number of likely N-dealkylation sites (tertiary alicyclic amines) is 1. The van der Waals surface area contributed by atoms with Crippen LogP contribution in [0.4, 0.5) is 0 Å². The first-order chi connectivity index (χ1) is 14.9. The molecule has 1 aliphatic rings. The number of Topliss-reactive ketones (excluding diaryl/α,β-unsaturated/α-hetero) is 1. The molecule has 1 fully saturated rings. The van der Waals surface area contributed by atoms with Gasteiger partial charge in [0.2, 0.25) is 0 Å². The molecule has 0 spiro atoms. The number of benzene rings is 2. The Balaban J connectivity index is 2.13. The number of amides is 1. The highest BCUT2D eigenvalue weighted by Gasteiger charge is 2.46. The summed E-state index contributed by atoms with van der Waals surface area (Å²) < 4.78 is 15.7. The number of aliphatic hydroxyl groups is 1. The van der Waals surface area contributed by atoms with E-state index >= 15 is 0 Å². The molecule has 2 aromatic rings. The van der Waals surface area contributed by atoms with Gasteiger partial charge >= 0.3 is 0 Å². The summed E-state index contributed by atoms with van der Waals surface area (Å²) in [7, 11) is 2.90. The zero-order valence-electron chi connectivity index (χ0n) is 17.6. The van der Waals surface area contributed by atoms with Crippen LogP contribution in [-0.4, -0.2) is 60.8 Å². The van der Waals surface area contributed by atoms with Gasteiger partial charge in [0, 0.05) is 19.2 Å². The number of hydrogen-bond donors (Lipinski definition) is 2. The number of ketones is 1. The second kappa shape index (κ2) is 9.53. The predicted molar refractivity (Wildman–Crippen MR) is 113 cm³/mol. The van der Waals surface area contributed by atoms with Crippen LogP contribution in [0.5, 0.6) is 17.2 Å². The highest BCUT2D eigenvalue weighted by molar-refractivity contribution is 6.46. The summed E-state index contributed by atoms with van der Waals surface area (Å²) >= 11 is 0. The Labute approximate surface area is 180 Å². The van der Waals surface area contributed by atoms with Crippen LogP contribution in [0, 0.1) is 0 Å². The van der Waals surface area contributed by atoms with Crippen LogP contribution < -0.4 is 9.47 Å². The predicted octanol–water partition coefficient (Wildman–Crippen LogP) is 2.87. The summed E-state index contributed by atoms with van der Waals surface area (Å²) in [6.07, 6.45) is 0. The van der Waals surface area contributed by atoms with E-state index in [0.29, 0.717) is 23.5 Å². The number of methoxy groups -OCH3 is 2. The Kier molecular flexibility index (Phi) is 6.81. The number of carbonyl (C=O) groups excluding carboxylic acids is 2. The van der Waals surface area contributed by atoms with Crippen LogP contribution in [0.15, 0.2) is 48.0 Å². The van der Waals surface area contributed by atoms with Gasteiger partial charge in [-0.2, -0.15) is 0 Å². The van der Waals surface area contributed by atoms with Crippen molar-refractivity contribution < 1.29 is 34.0 Å². The highest BCUT2D eigenvalue weighted by Crippen LogP contribution is 2.41. The number of rotatable bonds is 8. The van der Waals surface area contributed by atoms with Gasteiger partial charge in [0.05, 0.1) is 31.9 Å². The number of aromatic hydroxyl groups is 1. The minimum atomic E-state index is -0.865. The van der Waals surface area contributed by atoms with Crippen molar-refractivity contribution in [3.63, 3.8) is 0 Å². The SMILES string of the molecule is CCOc1ccc(/C(O)=C2/C(=O)C(=O)N(CCOC)C2c2ccc(O)c(OC)c2)cc1. The number of hydrogen-bond acceptors (Lipinski definition) is 7. The molecule has 1 heterocycles. The van der Waals surface area contributed by atoms with Gasteiger partial charge in [0.15, 0.2) is 11.5 Å². The first-order valence-corrected chi connectivity index (χ1v) is 9.80. The lowest BCUT2D eigenvalue weighted by molar-refractivity contribution is -0.140. The van der Waals surface area contributed by atoms with Crippen molar-refractivity contribution in [2.24, 2.45) is 0 Å². The summed E-state index contributed by atoms with van der Waals surface area (Å²) in [6, 6.07) is 10.3. The molecule has 2 N–H and O–H groups in total. The van der Waals surface area contributed by atoms with Gasteiger partial charge < -0.3 is 29.3 Å². The van der Waals surface area contributed by atoms with E-state index in [0.717, 1.165) is 0 Å². The van der Waals surface area contributed by atoms with Crippen molar-refractivity contribution in [1.29, 1.82) is 0 Å². The smallest absolute Gasteiger partial charge is 0.295 e. The molecule has 1 amide bonds. The summed E-state index contributed by atoms with van der Waals surface area (Å²) in [4.78, 5) is 27.0. The number of phenols is 1. The molecular formula is C23H25NO7. The molecule has 0 bridgehead atoms. The summed E-state index contributed by atoms with van der Waals surface area (Å²) in [5, 5.41) is 21.0. The van der Waals surface area contributed by atoms with Crippen molar-refractivity contribution in [2.45, 2.75) is 13.0 Å². The molecule has 164 valence electrons. The minimum Gasteiger partial charge on any atom is -0.507 e. The van der Waals surface area contributed by atoms with E-state index in [-0.39, 0.29) is 36.0 Å². The van der Waals surface area contributed by atoms with Crippen molar-refractivity contribution in [2.75, 3.05) is 34.0 Å². The molecule has 1 atom stereocenters. The van der Waals surface area contributed by atoms with Gasteiger partial charge in [-0.15, -0.1) is 0 Å². The van der Waals surface area contributed by atoms with Gasteiger partial charge in [-0.3, -0.25) is 9.59 Å². The number of ether oxygens (including phenoxy) is 3. The van der Waals surface area contributed by atoms with E-state index in [2.05, 4.69) is 0 Å². The molecule has 0 radical (unpaired) electrons. The van der Waals surface area contributed by atoms with E-state index in [9.17, 15) is 19.8 Å². The van der Waals surface area contributed by atoms with Gasteiger partial charge in [0.25, 0.3) is 11.7 Å². The lowest BCUT2D eigenvalue weighted by atomic mass is 9.95. The van der Waals surface area contributed by atoms with Crippen LogP contribution in [0.1, 0.15) is 24.1 Å².